The molecule has 0 atom stereocenters. The Hall–Kier alpha value is -2.93. The van der Waals surface area contributed by atoms with Crippen molar-refractivity contribution in [2.45, 2.75) is 0 Å². The first-order chi connectivity index (χ1) is 11.8. The number of nitrogens with zero attached hydrogens (tertiary/aromatic N) is 4. The number of hydrogen-bond donors (Lipinski definition) is 0. The monoisotopic (exact) mass is 338 g/mol. The molecule has 0 aliphatic heterocycles. The van der Waals surface area contributed by atoms with Gasteiger partial charge >= 0.3 is 0 Å². The molecule has 0 N–H and O–H groups in total. The van der Waals surface area contributed by atoms with Crippen molar-refractivity contribution in [2.24, 2.45) is 0 Å². The summed E-state index contributed by atoms with van der Waals surface area (Å²) in [6, 6.07) is 15.5. The van der Waals surface area contributed by atoms with Crippen molar-refractivity contribution in [3.05, 3.63) is 48.5 Å². The van der Waals surface area contributed by atoms with Crippen LogP contribution in [0.25, 0.3) is 26.9 Å². The van der Waals surface area contributed by atoms with E-state index in [0.717, 1.165) is 32.6 Å². The van der Waals surface area contributed by atoms with Crippen LogP contribution in [0.2, 0.25) is 0 Å². The van der Waals surface area contributed by atoms with Crippen molar-refractivity contribution >= 4 is 16.3 Å². The van der Waals surface area contributed by atoms with Gasteiger partial charge in [-0.15, -0.1) is 10.2 Å². The highest BCUT2D eigenvalue weighted by molar-refractivity contribution is 7.19. The van der Waals surface area contributed by atoms with Crippen LogP contribution in [-0.2, 0) is 0 Å². The summed E-state index contributed by atoms with van der Waals surface area (Å²) in [7, 11) is 3.29. The van der Waals surface area contributed by atoms with Crippen LogP contribution in [0.1, 0.15) is 0 Å². The van der Waals surface area contributed by atoms with Crippen molar-refractivity contribution in [3.8, 4) is 33.5 Å². The molecule has 4 rings (SSSR count). The Labute approximate surface area is 142 Å². The quantitative estimate of drug-likeness (QED) is 0.569. The van der Waals surface area contributed by atoms with Crippen molar-refractivity contribution in [1.29, 1.82) is 0 Å². The fourth-order valence-electron chi connectivity index (χ4n) is 2.54. The van der Waals surface area contributed by atoms with Gasteiger partial charge in [0.25, 0.3) is 0 Å². The van der Waals surface area contributed by atoms with Crippen molar-refractivity contribution in [1.82, 2.24) is 19.8 Å². The van der Waals surface area contributed by atoms with Crippen LogP contribution >= 0.6 is 11.3 Å². The van der Waals surface area contributed by atoms with Crippen LogP contribution in [0.4, 0.5) is 0 Å². The predicted molar refractivity (Wildman–Crippen MR) is 92.6 cm³/mol. The molecular weight excluding hydrogens is 324 g/mol. The molecule has 0 aliphatic rings. The second kappa shape index (κ2) is 5.93. The average molecular weight is 338 g/mol. The minimum atomic E-state index is 0.653. The van der Waals surface area contributed by atoms with Gasteiger partial charge in [-0.05, 0) is 24.3 Å². The zero-order valence-corrected chi connectivity index (χ0v) is 13.9. The molecule has 7 heteroatoms. The summed E-state index contributed by atoms with van der Waals surface area (Å²) < 4.78 is 12.6. The van der Waals surface area contributed by atoms with Gasteiger partial charge in [-0.1, -0.05) is 35.6 Å². The Bertz CT molecular complexity index is 1010. The lowest BCUT2D eigenvalue weighted by Crippen LogP contribution is -1.94. The fourth-order valence-corrected chi connectivity index (χ4v) is 3.41. The average Bonchev–Trinajstić information content (AvgIpc) is 3.22. The lowest BCUT2D eigenvalue weighted by atomic mass is 10.2. The van der Waals surface area contributed by atoms with E-state index in [1.54, 1.807) is 18.7 Å². The number of para-hydroxylation sites is 2. The standard InChI is InChI=1S/C17H14N4O2S/c1-22-13-9-5-3-7-11(13)15-18-19-17-21(15)20-16(24-17)12-8-4-6-10-14(12)23-2/h3-10H,1-2H3. The lowest BCUT2D eigenvalue weighted by molar-refractivity contribution is 0.416. The van der Waals surface area contributed by atoms with E-state index in [2.05, 4.69) is 15.3 Å². The van der Waals surface area contributed by atoms with Gasteiger partial charge in [-0.3, -0.25) is 0 Å². The van der Waals surface area contributed by atoms with Gasteiger partial charge in [0.15, 0.2) is 10.8 Å². The molecular formula is C17H14N4O2S. The molecule has 0 aliphatic carbocycles. The topological polar surface area (TPSA) is 61.5 Å². The molecule has 4 aromatic rings. The SMILES string of the molecule is COc1ccccc1-c1nn2c(-c3ccccc3OC)nnc2s1. The van der Waals surface area contributed by atoms with Gasteiger partial charge < -0.3 is 9.47 Å². The zero-order valence-electron chi connectivity index (χ0n) is 13.1. The molecule has 0 unspecified atom stereocenters. The highest BCUT2D eigenvalue weighted by Crippen LogP contribution is 2.35. The summed E-state index contributed by atoms with van der Waals surface area (Å²) in [6.45, 7) is 0. The van der Waals surface area contributed by atoms with E-state index in [0.29, 0.717) is 5.82 Å². The smallest absolute Gasteiger partial charge is 0.235 e. The van der Waals surface area contributed by atoms with Gasteiger partial charge in [-0.25, -0.2) is 0 Å². The van der Waals surface area contributed by atoms with Crippen LogP contribution in [0.5, 0.6) is 11.5 Å². The molecule has 2 heterocycles. The molecule has 2 aromatic carbocycles. The molecule has 0 spiro atoms. The summed E-state index contributed by atoms with van der Waals surface area (Å²) in [4.78, 5) is 0.719. The van der Waals surface area contributed by atoms with Crippen LogP contribution in [0.3, 0.4) is 0 Å². The van der Waals surface area contributed by atoms with E-state index in [1.807, 2.05) is 48.5 Å². The number of aromatic nitrogens is 4. The van der Waals surface area contributed by atoms with Gasteiger partial charge in [-0.2, -0.15) is 9.61 Å². The Kier molecular flexibility index (Phi) is 3.62. The van der Waals surface area contributed by atoms with Gasteiger partial charge in [0.05, 0.1) is 25.3 Å². The number of fused-ring (bicyclic) bond motifs is 1. The molecule has 0 fully saturated rings. The van der Waals surface area contributed by atoms with Gasteiger partial charge in [0.2, 0.25) is 4.96 Å². The summed E-state index contributed by atoms with van der Waals surface area (Å²) >= 11 is 1.47. The largest absolute Gasteiger partial charge is 0.496 e. The Morgan fingerprint density at radius 1 is 0.833 bits per heavy atom. The van der Waals surface area contributed by atoms with Crippen LogP contribution < -0.4 is 9.47 Å². The van der Waals surface area contributed by atoms with Crippen LogP contribution in [0, 0.1) is 0 Å². The third kappa shape index (κ3) is 2.30. The number of hydrogen-bond acceptors (Lipinski definition) is 6. The van der Waals surface area contributed by atoms with Crippen molar-refractivity contribution in [3.63, 3.8) is 0 Å². The van der Waals surface area contributed by atoms with Gasteiger partial charge in [0.1, 0.15) is 11.5 Å². The first kappa shape index (κ1) is 14.6. The highest BCUT2D eigenvalue weighted by atomic mass is 32.1. The maximum atomic E-state index is 5.43. The van der Waals surface area contributed by atoms with E-state index >= 15 is 0 Å². The Balaban J connectivity index is 1.88. The summed E-state index contributed by atoms with van der Waals surface area (Å²) in [5.41, 5.74) is 1.78. The van der Waals surface area contributed by atoms with Gasteiger partial charge in [0, 0.05) is 0 Å². The second-order valence-electron chi connectivity index (χ2n) is 5.03. The minimum Gasteiger partial charge on any atom is -0.496 e. The minimum absolute atomic E-state index is 0.653. The molecule has 0 saturated heterocycles. The first-order valence-corrected chi connectivity index (χ1v) is 8.12. The number of ether oxygens (including phenoxy) is 2. The van der Waals surface area contributed by atoms with Crippen LogP contribution in [-0.4, -0.2) is 34.0 Å². The van der Waals surface area contributed by atoms with Crippen molar-refractivity contribution < 1.29 is 9.47 Å². The highest BCUT2D eigenvalue weighted by Gasteiger charge is 2.18. The molecule has 6 nitrogen and oxygen atoms in total. The van der Waals surface area contributed by atoms with E-state index in [4.69, 9.17) is 9.47 Å². The van der Waals surface area contributed by atoms with E-state index in [-0.39, 0.29) is 0 Å². The fraction of sp³-hybridized carbons (Fsp3) is 0.118. The first-order valence-electron chi connectivity index (χ1n) is 7.31. The molecule has 120 valence electrons. The maximum Gasteiger partial charge on any atom is 0.235 e. The Morgan fingerprint density at radius 3 is 2.17 bits per heavy atom. The molecule has 2 aromatic heterocycles. The summed E-state index contributed by atoms with van der Waals surface area (Å²) in [5.74, 6) is 2.17. The summed E-state index contributed by atoms with van der Waals surface area (Å²) in [6.07, 6.45) is 0. The molecule has 0 amide bonds. The molecule has 0 saturated carbocycles. The predicted octanol–water partition coefficient (Wildman–Crippen LogP) is 3.54. The Morgan fingerprint density at radius 2 is 1.46 bits per heavy atom. The third-order valence-corrected chi connectivity index (χ3v) is 4.61. The number of benzene rings is 2. The molecule has 24 heavy (non-hydrogen) atoms. The lowest BCUT2D eigenvalue weighted by Gasteiger charge is -2.05. The number of rotatable bonds is 4. The normalized spacial score (nSPS) is 10.9. The molecule has 0 radical (unpaired) electrons. The van der Waals surface area contributed by atoms with E-state index in [1.165, 1.54) is 11.3 Å². The second-order valence-corrected chi connectivity index (χ2v) is 5.98. The van der Waals surface area contributed by atoms with Crippen LogP contribution in [0.15, 0.2) is 48.5 Å². The van der Waals surface area contributed by atoms with E-state index < -0.39 is 0 Å². The van der Waals surface area contributed by atoms with E-state index in [9.17, 15) is 0 Å². The zero-order chi connectivity index (χ0) is 16.5. The summed E-state index contributed by atoms with van der Waals surface area (Å²) in [5, 5.41) is 14.0. The number of methoxy groups -OCH3 is 2. The third-order valence-electron chi connectivity index (χ3n) is 3.68. The van der Waals surface area contributed by atoms with Crippen molar-refractivity contribution in [2.75, 3.05) is 14.2 Å². The molecule has 0 bridgehead atoms. The maximum absolute atomic E-state index is 5.43.